The van der Waals surface area contributed by atoms with Crippen LogP contribution in [0.2, 0.25) is 0 Å². The number of hydrogen-bond acceptors (Lipinski definition) is 3. The molecule has 0 aliphatic carbocycles. The summed E-state index contributed by atoms with van der Waals surface area (Å²) in [6, 6.07) is 21.1. The maximum absolute atomic E-state index is 12.4. The molecule has 4 rings (SSSR count). The van der Waals surface area contributed by atoms with Crippen LogP contribution >= 0.6 is 0 Å². The summed E-state index contributed by atoms with van der Waals surface area (Å²) in [5.74, 6) is -0.0358. The van der Waals surface area contributed by atoms with E-state index in [0.29, 0.717) is 5.56 Å². The zero-order chi connectivity index (χ0) is 19.3. The zero-order valence-electron chi connectivity index (χ0n) is 15.7. The van der Waals surface area contributed by atoms with Crippen LogP contribution in [0.3, 0.4) is 0 Å². The minimum atomic E-state index is -0.117. The molecule has 142 valence electrons. The fourth-order valence-corrected chi connectivity index (χ4v) is 3.54. The van der Waals surface area contributed by atoms with E-state index in [9.17, 15) is 9.59 Å². The SMILES string of the molecule is O=C(CNc1ccc(C(=O)N2CCCC2)cc1)Nc1cccc2ccccc12. The molecular weight excluding hydrogens is 350 g/mol. The van der Waals surface area contributed by atoms with E-state index in [-0.39, 0.29) is 18.4 Å². The molecule has 0 saturated carbocycles. The second-order valence-corrected chi connectivity index (χ2v) is 7.01. The van der Waals surface area contributed by atoms with Crippen LogP contribution in [0.15, 0.2) is 66.7 Å². The summed E-state index contributed by atoms with van der Waals surface area (Å²) in [6.45, 7) is 1.84. The van der Waals surface area contributed by atoms with Gasteiger partial charge in [-0.05, 0) is 48.6 Å². The molecule has 2 amide bonds. The van der Waals surface area contributed by atoms with Crippen LogP contribution in [0.4, 0.5) is 11.4 Å². The Kier molecular flexibility index (Phi) is 5.24. The summed E-state index contributed by atoms with van der Waals surface area (Å²) in [6.07, 6.45) is 2.16. The average molecular weight is 373 g/mol. The highest BCUT2D eigenvalue weighted by Crippen LogP contribution is 2.23. The molecule has 1 saturated heterocycles. The Morgan fingerprint density at radius 2 is 1.57 bits per heavy atom. The number of nitrogens with one attached hydrogen (secondary N) is 2. The fourth-order valence-electron chi connectivity index (χ4n) is 3.54. The molecule has 28 heavy (non-hydrogen) atoms. The first-order valence-electron chi connectivity index (χ1n) is 9.61. The Hall–Kier alpha value is -3.34. The highest BCUT2D eigenvalue weighted by Gasteiger charge is 2.19. The number of carbonyl (C=O) groups is 2. The van der Waals surface area contributed by atoms with Crippen molar-refractivity contribution in [1.82, 2.24) is 4.90 Å². The first-order chi connectivity index (χ1) is 13.7. The van der Waals surface area contributed by atoms with Crippen LogP contribution in [0.5, 0.6) is 0 Å². The lowest BCUT2D eigenvalue weighted by Gasteiger charge is -2.15. The summed E-state index contributed by atoms with van der Waals surface area (Å²) < 4.78 is 0. The van der Waals surface area contributed by atoms with Crippen molar-refractivity contribution in [3.8, 4) is 0 Å². The van der Waals surface area contributed by atoms with E-state index in [1.54, 1.807) is 0 Å². The summed E-state index contributed by atoms with van der Waals surface area (Å²) in [5, 5.41) is 8.18. The minimum absolute atomic E-state index is 0.0812. The van der Waals surface area contributed by atoms with Crippen LogP contribution < -0.4 is 10.6 Å². The summed E-state index contributed by atoms with van der Waals surface area (Å²) >= 11 is 0. The van der Waals surface area contributed by atoms with E-state index in [0.717, 1.165) is 48.1 Å². The van der Waals surface area contributed by atoms with E-state index < -0.39 is 0 Å². The summed E-state index contributed by atoms with van der Waals surface area (Å²) in [4.78, 5) is 26.6. The highest BCUT2D eigenvalue weighted by atomic mass is 16.2. The normalized spacial score (nSPS) is 13.5. The molecule has 3 aromatic rings. The highest BCUT2D eigenvalue weighted by molar-refractivity contribution is 6.03. The molecule has 1 aliphatic heterocycles. The topological polar surface area (TPSA) is 61.4 Å². The van der Waals surface area contributed by atoms with Gasteiger partial charge in [-0.25, -0.2) is 0 Å². The van der Waals surface area contributed by atoms with E-state index in [2.05, 4.69) is 10.6 Å². The number of hydrogen-bond donors (Lipinski definition) is 2. The molecule has 0 aromatic heterocycles. The fraction of sp³-hybridized carbons (Fsp3) is 0.217. The average Bonchev–Trinajstić information content (AvgIpc) is 3.27. The quantitative estimate of drug-likeness (QED) is 0.707. The molecule has 2 N–H and O–H groups in total. The predicted octanol–water partition coefficient (Wildman–Crippen LogP) is 4.13. The van der Waals surface area contributed by atoms with Gasteiger partial charge in [-0.2, -0.15) is 0 Å². The van der Waals surface area contributed by atoms with Crippen molar-refractivity contribution in [3.63, 3.8) is 0 Å². The number of benzene rings is 3. The van der Waals surface area contributed by atoms with Gasteiger partial charge in [0.05, 0.1) is 6.54 Å². The first-order valence-corrected chi connectivity index (χ1v) is 9.61. The minimum Gasteiger partial charge on any atom is -0.376 e. The van der Waals surface area contributed by atoms with E-state index >= 15 is 0 Å². The molecular formula is C23H23N3O2. The Morgan fingerprint density at radius 1 is 0.857 bits per heavy atom. The second-order valence-electron chi connectivity index (χ2n) is 7.01. The van der Waals surface area contributed by atoms with Crippen molar-refractivity contribution < 1.29 is 9.59 Å². The van der Waals surface area contributed by atoms with Crippen molar-refractivity contribution in [2.75, 3.05) is 30.3 Å². The molecule has 0 spiro atoms. The van der Waals surface area contributed by atoms with Gasteiger partial charge < -0.3 is 15.5 Å². The largest absolute Gasteiger partial charge is 0.376 e. The van der Waals surface area contributed by atoms with Crippen LogP contribution in [-0.4, -0.2) is 36.3 Å². The summed E-state index contributed by atoms with van der Waals surface area (Å²) in [7, 11) is 0. The molecule has 0 atom stereocenters. The predicted molar refractivity (Wildman–Crippen MR) is 113 cm³/mol. The third-order valence-electron chi connectivity index (χ3n) is 5.04. The van der Waals surface area contributed by atoms with Gasteiger partial charge in [-0.15, -0.1) is 0 Å². The Bertz CT molecular complexity index is 987. The molecule has 3 aromatic carbocycles. The lowest BCUT2D eigenvalue weighted by atomic mass is 10.1. The van der Waals surface area contributed by atoms with Gasteiger partial charge in [-0.1, -0.05) is 36.4 Å². The van der Waals surface area contributed by atoms with Gasteiger partial charge in [0.2, 0.25) is 5.91 Å². The second kappa shape index (κ2) is 8.13. The van der Waals surface area contributed by atoms with Crippen molar-refractivity contribution in [3.05, 3.63) is 72.3 Å². The monoisotopic (exact) mass is 373 g/mol. The summed E-state index contributed by atoms with van der Waals surface area (Å²) in [5.41, 5.74) is 2.30. The van der Waals surface area contributed by atoms with Crippen molar-refractivity contribution >= 4 is 34.0 Å². The molecule has 0 bridgehead atoms. The lowest BCUT2D eigenvalue weighted by Crippen LogP contribution is -2.27. The van der Waals surface area contributed by atoms with Gasteiger partial charge >= 0.3 is 0 Å². The zero-order valence-corrected chi connectivity index (χ0v) is 15.7. The molecule has 0 radical (unpaired) electrons. The number of anilines is 2. The standard InChI is InChI=1S/C23H23N3O2/c27-22(25-21-9-5-7-17-6-1-2-8-20(17)21)16-24-19-12-10-18(11-13-19)23(28)26-14-3-4-15-26/h1-2,5-13,24H,3-4,14-16H2,(H,25,27). The van der Waals surface area contributed by atoms with Crippen LogP contribution in [0.25, 0.3) is 10.8 Å². The third kappa shape index (κ3) is 3.98. The number of nitrogens with zero attached hydrogens (tertiary/aromatic N) is 1. The van der Waals surface area contributed by atoms with E-state index in [1.165, 1.54) is 0 Å². The van der Waals surface area contributed by atoms with Crippen molar-refractivity contribution in [1.29, 1.82) is 0 Å². The van der Waals surface area contributed by atoms with Gasteiger partial charge in [0.25, 0.3) is 5.91 Å². The number of fused-ring (bicyclic) bond motifs is 1. The molecule has 0 unspecified atom stereocenters. The molecule has 5 nitrogen and oxygen atoms in total. The Morgan fingerprint density at radius 3 is 2.36 bits per heavy atom. The molecule has 5 heteroatoms. The van der Waals surface area contributed by atoms with Crippen LogP contribution in [0, 0.1) is 0 Å². The van der Waals surface area contributed by atoms with Crippen molar-refractivity contribution in [2.24, 2.45) is 0 Å². The van der Waals surface area contributed by atoms with Gasteiger partial charge in [0, 0.05) is 35.4 Å². The van der Waals surface area contributed by atoms with Gasteiger partial charge in [0.15, 0.2) is 0 Å². The number of amides is 2. The Labute approximate surface area is 164 Å². The molecule has 1 fully saturated rings. The van der Waals surface area contributed by atoms with Crippen LogP contribution in [0.1, 0.15) is 23.2 Å². The smallest absolute Gasteiger partial charge is 0.253 e. The maximum atomic E-state index is 12.4. The Balaban J connectivity index is 1.35. The van der Waals surface area contributed by atoms with Crippen LogP contribution in [-0.2, 0) is 4.79 Å². The molecule has 1 heterocycles. The van der Waals surface area contributed by atoms with Crippen molar-refractivity contribution in [2.45, 2.75) is 12.8 Å². The van der Waals surface area contributed by atoms with E-state index in [1.807, 2.05) is 71.6 Å². The first kappa shape index (κ1) is 18.0. The van der Waals surface area contributed by atoms with Gasteiger partial charge in [0.1, 0.15) is 0 Å². The number of likely N-dealkylation sites (tertiary alicyclic amines) is 1. The number of carbonyl (C=O) groups excluding carboxylic acids is 2. The maximum Gasteiger partial charge on any atom is 0.253 e. The van der Waals surface area contributed by atoms with Gasteiger partial charge in [-0.3, -0.25) is 9.59 Å². The lowest BCUT2D eigenvalue weighted by molar-refractivity contribution is -0.114. The third-order valence-corrected chi connectivity index (χ3v) is 5.04. The van der Waals surface area contributed by atoms with E-state index in [4.69, 9.17) is 0 Å². The molecule has 1 aliphatic rings. The number of rotatable bonds is 5.